The molecule has 0 bridgehead atoms. The highest BCUT2D eigenvalue weighted by atomic mass is 32.2. The molecule has 2 aromatic rings. The van der Waals surface area contributed by atoms with Crippen molar-refractivity contribution in [1.82, 2.24) is 0 Å². The molecule has 0 atom stereocenters. The third-order valence-electron chi connectivity index (χ3n) is 4.20. The minimum atomic E-state index is -0.265. The Morgan fingerprint density at radius 2 is 1.96 bits per heavy atom. The first-order chi connectivity index (χ1) is 13.2. The highest BCUT2D eigenvalue weighted by molar-refractivity contribution is 8.03. The van der Waals surface area contributed by atoms with Crippen LogP contribution in [0.5, 0.6) is 0 Å². The topological polar surface area (TPSA) is 46.6 Å². The fourth-order valence-corrected chi connectivity index (χ4v) is 4.54. The molecule has 0 radical (unpaired) electrons. The number of rotatable bonds is 9. The Hall–Kier alpha value is -2.05. The number of unbranched alkanes of at least 4 members (excludes halogenated alkanes) is 3. The second-order valence-electron chi connectivity index (χ2n) is 6.26. The van der Waals surface area contributed by atoms with Crippen LogP contribution in [0.1, 0.15) is 42.3 Å². The maximum atomic E-state index is 12.5. The number of thiophene rings is 1. The number of thioether (sulfide) groups is 1. The van der Waals surface area contributed by atoms with Gasteiger partial charge in [-0.05, 0) is 30.0 Å². The van der Waals surface area contributed by atoms with Gasteiger partial charge in [0.2, 0.25) is 0 Å². The maximum absolute atomic E-state index is 12.5. The first-order valence-electron chi connectivity index (χ1n) is 9.18. The number of ether oxygens (including phenoxy) is 1. The molecule has 3 rings (SSSR count). The molecule has 0 fully saturated rings. The minimum Gasteiger partial charge on any atom is -0.464 e. The number of hydrogen-bond acceptors (Lipinski definition) is 6. The number of esters is 1. The van der Waals surface area contributed by atoms with Gasteiger partial charge < -0.3 is 9.64 Å². The molecule has 0 saturated carbocycles. The number of fused-ring (bicyclic) bond motifs is 1. The van der Waals surface area contributed by atoms with E-state index >= 15 is 0 Å². The van der Waals surface area contributed by atoms with Crippen molar-refractivity contribution in [2.24, 2.45) is 0 Å². The molecule has 0 saturated heterocycles. The molecule has 27 heavy (non-hydrogen) atoms. The van der Waals surface area contributed by atoms with Crippen molar-refractivity contribution in [3.8, 4) is 0 Å². The molecular weight excluding hydrogens is 378 g/mol. The summed E-state index contributed by atoms with van der Waals surface area (Å²) in [7, 11) is 0. The van der Waals surface area contributed by atoms with Gasteiger partial charge in [-0.3, -0.25) is 9.59 Å². The smallest absolute Gasteiger partial charge is 0.325 e. The number of hydrogen-bond donors (Lipinski definition) is 0. The van der Waals surface area contributed by atoms with E-state index in [-0.39, 0.29) is 18.3 Å². The summed E-state index contributed by atoms with van der Waals surface area (Å²) in [4.78, 5) is 28.4. The van der Waals surface area contributed by atoms with Crippen LogP contribution in [0, 0.1) is 0 Å². The Kier molecular flexibility index (Phi) is 7.12. The number of para-hydroxylation sites is 1. The van der Waals surface area contributed by atoms with E-state index in [0.717, 1.165) is 41.3 Å². The molecule has 6 heteroatoms. The summed E-state index contributed by atoms with van der Waals surface area (Å²) >= 11 is 2.93. The van der Waals surface area contributed by atoms with Gasteiger partial charge in [-0.25, -0.2) is 0 Å². The van der Waals surface area contributed by atoms with Crippen molar-refractivity contribution in [1.29, 1.82) is 0 Å². The molecule has 1 aromatic carbocycles. The summed E-state index contributed by atoms with van der Waals surface area (Å²) in [5.74, 6) is -0.309. The molecular formula is C21H23NO3S2. The van der Waals surface area contributed by atoms with Gasteiger partial charge >= 0.3 is 5.97 Å². The quantitative estimate of drug-likeness (QED) is 0.240. The van der Waals surface area contributed by atoms with Gasteiger partial charge in [0, 0.05) is 11.0 Å². The Balaban J connectivity index is 1.69. The van der Waals surface area contributed by atoms with Gasteiger partial charge in [0.1, 0.15) is 6.54 Å². The Morgan fingerprint density at radius 3 is 2.74 bits per heavy atom. The number of ketones is 1. The van der Waals surface area contributed by atoms with Crippen molar-refractivity contribution in [2.45, 2.75) is 37.5 Å². The first-order valence-corrected chi connectivity index (χ1v) is 10.9. The number of anilines is 1. The zero-order valence-corrected chi connectivity index (χ0v) is 17.0. The Morgan fingerprint density at radius 1 is 1.11 bits per heavy atom. The van der Waals surface area contributed by atoms with E-state index in [4.69, 9.17) is 4.74 Å². The minimum absolute atomic E-state index is 0.0433. The Bertz CT molecular complexity index is 815. The predicted octanol–water partition coefficient (Wildman–Crippen LogP) is 5.51. The van der Waals surface area contributed by atoms with Crippen molar-refractivity contribution in [3.63, 3.8) is 0 Å². The summed E-state index contributed by atoms with van der Waals surface area (Å²) < 4.78 is 5.39. The summed E-state index contributed by atoms with van der Waals surface area (Å²) in [6, 6.07) is 11.5. The van der Waals surface area contributed by atoms with Crippen LogP contribution in [0.15, 0.2) is 57.8 Å². The fraction of sp³-hybridized carbons (Fsp3) is 0.333. The molecule has 0 N–H and O–H groups in total. The third kappa shape index (κ3) is 5.23. The monoisotopic (exact) mass is 401 g/mol. The van der Waals surface area contributed by atoms with Gasteiger partial charge in [-0.15, -0.1) is 11.3 Å². The second-order valence-corrected chi connectivity index (χ2v) is 8.27. The lowest BCUT2D eigenvalue weighted by Gasteiger charge is -2.19. The molecule has 142 valence electrons. The lowest BCUT2D eigenvalue weighted by molar-refractivity contribution is -0.142. The van der Waals surface area contributed by atoms with E-state index < -0.39 is 0 Å². The third-order valence-corrected chi connectivity index (χ3v) is 6.20. The van der Waals surface area contributed by atoms with Crippen LogP contribution in [0.2, 0.25) is 0 Å². The molecule has 4 nitrogen and oxygen atoms in total. The van der Waals surface area contributed by atoms with E-state index in [1.165, 1.54) is 23.1 Å². The Labute approximate surface area is 168 Å². The van der Waals surface area contributed by atoms with Gasteiger partial charge in [-0.1, -0.05) is 56.1 Å². The van der Waals surface area contributed by atoms with Crippen molar-refractivity contribution in [2.75, 3.05) is 18.1 Å². The molecule has 0 unspecified atom stereocenters. The number of carbonyl (C=O) groups is 2. The highest BCUT2D eigenvalue weighted by Crippen LogP contribution is 2.45. The SMILES string of the molecule is CCCCCCOC(=O)CN1C(=CC(=O)c2cccs2)Sc2ccccc21. The zero-order chi connectivity index (χ0) is 19.1. The summed E-state index contributed by atoms with van der Waals surface area (Å²) in [5, 5.41) is 2.65. The van der Waals surface area contributed by atoms with Crippen molar-refractivity contribution >= 4 is 40.5 Å². The van der Waals surface area contributed by atoms with Crippen LogP contribution in [-0.4, -0.2) is 24.9 Å². The number of benzene rings is 1. The summed E-state index contributed by atoms with van der Waals surface area (Å²) in [5.41, 5.74) is 0.940. The van der Waals surface area contributed by atoms with E-state index in [0.29, 0.717) is 11.5 Å². The standard InChI is InChI=1S/C21H23NO3S2/c1-2-3-4-7-12-25-21(24)15-22-16-9-5-6-10-18(16)27-20(22)14-17(23)19-11-8-13-26-19/h5-6,8-11,13-14H,2-4,7,12,15H2,1H3. The molecule has 1 aliphatic heterocycles. The van der Waals surface area contributed by atoms with Gasteiger partial charge in [-0.2, -0.15) is 0 Å². The number of allylic oxidation sites excluding steroid dienone is 1. The largest absolute Gasteiger partial charge is 0.464 e. The van der Waals surface area contributed by atoms with Gasteiger partial charge in [0.05, 0.1) is 22.2 Å². The number of nitrogens with zero attached hydrogens (tertiary/aromatic N) is 1. The van der Waals surface area contributed by atoms with Crippen LogP contribution in [0.3, 0.4) is 0 Å². The molecule has 1 aromatic heterocycles. The van der Waals surface area contributed by atoms with Crippen LogP contribution in [0.25, 0.3) is 0 Å². The zero-order valence-electron chi connectivity index (χ0n) is 15.3. The molecule has 0 aliphatic carbocycles. The normalized spacial score (nSPS) is 14.4. The maximum Gasteiger partial charge on any atom is 0.325 e. The van der Waals surface area contributed by atoms with Crippen LogP contribution >= 0.6 is 23.1 Å². The molecule has 1 aliphatic rings. The molecule has 0 amide bonds. The van der Waals surface area contributed by atoms with Crippen molar-refractivity contribution < 1.29 is 14.3 Å². The van der Waals surface area contributed by atoms with E-state index in [1.807, 2.05) is 46.7 Å². The van der Waals surface area contributed by atoms with Crippen LogP contribution in [0.4, 0.5) is 5.69 Å². The summed E-state index contributed by atoms with van der Waals surface area (Å²) in [6.07, 6.45) is 5.90. The van der Waals surface area contributed by atoms with E-state index in [1.54, 1.807) is 6.08 Å². The van der Waals surface area contributed by atoms with Crippen molar-refractivity contribution in [3.05, 3.63) is 57.8 Å². The predicted molar refractivity (Wildman–Crippen MR) is 111 cm³/mol. The lowest BCUT2D eigenvalue weighted by atomic mass is 10.2. The van der Waals surface area contributed by atoms with E-state index in [2.05, 4.69) is 6.92 Å². The van der Waals surface area contributed by atoms with Crippen LogP contribution in [-0.2, 0) is 9.53 Å². The first kappa shape index (κ1) is 19.7. The molecule has 0 spiro atoms. The van der Waals surface area contributed by atoms with E-state index in [9.17, 15) is 9.59 Å². The van der Waals surface area contributed by atoms with Gasteiger partial charge in [0.15, 0.2) is 5.78 Å². The molecule has 2 heterocycles. The average Bonchev–Trinajstić information content (AvgIpc) is 3.31. The lowest BCUT2D eigenvalue weighted by Crippen LogP contribution is -2.28. The average molecular weight is 402 g/mol. The fourth-order valence-electron chi connectivity index (χ4n) is 2.82. The van der Waals surface area contributed by atoms with Crippen LogP contribution < -0.4 is 4.90 Å². The summed E-state index contributed by atoms with van der Waals surface area (Å²) in [6.45, 7) is 2.72. The highest BCUT2D eigenvalue weighted by Gasteiger charge is 2.28. The second kappa shape index (κ2) is 9.76. The van der Waals surface area contributed by atoms with Gasteiger partial charge in [0.25, 0.3) is 0 Å². The number of carbonyl (C=O) groups excluding carboxylic acids is 2.